The summed E-state index contributed by atoms with van der Waals surface area (Å²) in [6.07, 6.45) is 2.96. The normalized spacial score (nSPS) is 15.4. The molecule has 11 aromatic rings. The predicted octanol–water partition coefficient (Wildman–Crippen LogP) is 14.4. The lowest BCUT2D eigenvalue weighted by molar-refractivity contribution is 0.632. The van der Waals surface area contributed by atoms with Crippen molar-refractivity contribution in [3.63, 3.8) is 0 Å². The summed E-state index contributed by atoms with van der Waals surface area (Å²) in [4.78, 5) is 10.9. The van der Waals surface area contributed by atoms with Crippen molar-refractivity contribution >= 4 is 95.0 Å². The standard InChI is InChI=1S/C56H34BF2N3/c58-57(59)62-54-44(28-26-40-42-24-22-36-16-8-14-34-18-20-38(30-46(40)54)50(42)48(34)36)52(32-11-5-2-6-12-32)56(62)61-55-51(31-9-3-1-4-10-31)43-27-25-39-41-23-21-35-15-7-13-33-17-19-37(49(41)47(33)35)29-45(39)53(43)60-55/h1-24,29-30H,25-28H2/b61-55-. The van der Waals surface area contributed by atoms with Crippen LogP contribution in [0, 0.1) is 0 Å². The van der Waals surface area contributed by atoms with Gasteiger partial charge in [-0.1, -0.05) is 146 Å². The van der Waals surface area contributed by atoms with Crippen LogP contribution in [0.2, 0.25) is 0 Å². The Morgan fingerprint density at radius 3 is 1.61 bits per heavy atom. The Bertz CT molecular complexity index is 3790. The number of hydrogen-bond acceptors (Lipinski definition) is 1. The van der Waals surface area contributed by atoms with E-state index in [4.69, 9.17) is 9.98 Å². The van der Waals surface area contributed by atoms with Crippen LogP contribution in [0.25, 0.3) is 92.6 Å². The molecule has 6 heteroatoms. The van der Waals surface area contributed by atoms with E-state index in [2.05, 4.69) is 109 Å². The third-order valence-electron chi connectivity index (χ3n) is 14.1. The first-order valence-electron chi connectivity index (χ1n) is 21.6. The van der Waals surface area contributed by atoms with Crippen LogP contribution in [0.1, 0.15) is 34.2 Å². The maximum Gasteiger partial charge on any atom is 0.679 e. The first kappa shape index (κ1) is 34.3. The predicted molar refractivity (Wildman–Crippen MR) is 255 cm³/mol. The molecule has 290 valence electrons. The van der Waals surface area contributed by atoms with Crippen molar-refractivity contribution < 1.29 is 8.63 Å². The van der Waals surface area contributed by atoms with Gasteiger partial charge in [-0.05, 0) is 136 Å². The average molecular weight is 798 g/mol. The van der Waals surface area contributed by atoms with Crippen LogP contribution in [-0.4, -0.2) is 23.4 Å². The molecule has 1 aromatic heterocycles. The number of aliphatic imine (C=N–C) groups is 2. The van der Waals surface area contributed by atoms with Crippen molar-refractivity contribution in [3.8, 4) is 22.4 Å². The van der Waals surface area contributed by atoms with Crippen LogP contribution in [0.15, 0.2) is 173 Å². The number of aromatic nitrogens is 1. The minimum atomic E-state index is -2.85. The molecular weight excluding hydrogens is 763 g/mol. The fourth-order valence-electron chi connectivity index (χ4n) is 11.6. The highest BCUT2D eigenvalue weighted by molar-refractivity contribution is 6.45. The number of allylic oxidation sites excluding steroid dienone is 1. The molecule has 0 saturated heterocycles. The lowest BCUT2D eigenvalue weighted by atomic mass is 9.79. The summed E-state index contributed by atoms with van der Waals surface area (Å²) < 4.78 is 33.8. The molecule has 3 nitrogen and oxygen atoms in total. The van der Waals surface area contributed by atoms with E-state index in [1.54, 1.807) is 0 Å². The lowest BCUT2D eigenvalue weighted by Gasteiger charge is -2.23. The second-order valence-corrected chi connectivity index (χ2v) is 17.2. The van der Waals surface area contributed by atoms with E-state index in [1.807, 2.05) is 48.5 Å². The van der Waals surface area contributed by atoms with Gasteiger partial charge >= 0.3 is 7.40 Å². The van der Waals surface area contributed by atoms with E-state index in [-0.39, 0.29) is 5.82 Å². The van der Waals surface area contributed by atoms with E-state index in [0.717, 1.165) is 85.8 Å². The van der Waals surface area contributed by atoms with Crippen LogP contribution in [-0.2, 0) is 19.3 Å². The SMILES string of the molecule is FB(F)n1c(/N=C2\N=C3C(=C2c2ccccc2)CCc2c3cc3ccc4cccc5ccc2c3c45)c(-c2ccccc2)c2c1-c1cc3ccc4cccc5ccc(c1CC2)c3c45. The quantitative estimate of drug-likeness (QED) is 0.125. The van der Waals surface area contributed by atoms with Gasteiger partial charge in [0.1, 0.15) is 5.82 Å². The van der Waals surface area contributed by atoms with Crippen molar-refractivity contribution in [2.24, 2.45) is 9.98 Å². The molecule has 62 heavy (non-hydrogen) atoms. The highest BCUT2D eigenvalue weighted by Crippen LogP contribution is 2.51. The number of halogens is 2. The molecule has 0 amide bonds. The highest BCUT2D eigenvalue weighted by Gasteiger charge is 2.38. The number of amidine groups is 1. The molecule has 0 saturated carbocycles. The maximum absolute atomic E-state index is 16.3. The van der Waals surface area contributed by atoms with Crippen molar-refractivity contribution in [3.05, 3.63) is 191 Å². The number of aryl methyl sites for hydroxylation is 2. The molecule has 2 aliphatic carbocycles. The largest absolute Gasteiger partial charge is 0.679 e. The molecule has 0 atom stereocenters. The molecule has 0 N–H and O–H groups in total. The van der Waals surface area contributed by atoms with Crippen LogP contribution < -0.4 is 0 Å². The Hall–Kier alpha value is -7.44. The summed E-state index contributed by atoms with van der Waals surface area (Å²) in [5.74, 6) is 0.723. The first-order chi connectivity index (χ1) is 30.6. The second-order valence-electron chi connectivity index (χ2n) is 17.2. The zero-order valence-electron chi connectivity index (χ0n) is 33.5. The Labute approximate surface area is 355 Å². The van der Waals surface area contributed by atoms with Gasteiger partial charge in [0.05, 0.1) is 5.71 Å². The summed E-state index contributed by atoms with van der Waals surface area (Å²) in [5, 5.41) is 14.5. The number of benzene rings is 10. The molecule has 0 unspecified atom stereocenters. The minimum absolute atomic E-state index is 0.247. The lowest BCUT2D eigenvalue weighted by Crippen LogP contribution is -2.17. The van der Waals surface area contributed by atoms with Crippen molar-refractivity contribution in [1.82, 2.24) is 4.48 Å². The molecule has 0 fully saturated rings. The van der Waals surface area contributed by atoms with Crippen molar-refractivity contribution in [1.29, 1.82) is 0 Å². The monoisotopic (exact) mass is 797 g/mol. The first-order valence-corrected chi connectivity index (χ1v) is 21.6. The Balaban J connectivity index is 1.05. The maximum atomic E-state index is 16.3. The summed E-state index contributed by atoms with van der Waals surface area (Å²) in [5.41, 5.74) is 11.3. The molecule has 0 bridgehead atoms. The Morgan fingerprint density at radius 1 is 0.484 bits per heavy atom. The van der Waals surface area contributed by atoms with Gasteiger partial charge in [-0.2, -0.15) is 0 Å². The van der Waals surface area contributed by atoms with Crippen LogP contribution in [0.5, 0.6) is 0 Å². The van der Waals surface area contributed by atoms with Crippen LogP contribution in [0.4, 0.5) is 14.4 Å². The van der Waals surface area contributed by atoms with Crippen molar-refractivity contribution in [2.45, 2.75) is 25.7 Å². The number of nitrogens with zero attached hydrogens (tertiary/aromatic N) is 3. The second kappa shape index (κ2) is 12.6. The molecule has 0 spiro atoms. The van der Waals surface area contributed by atoms with Gasteiger partial charge in [-0.15, -0.1) is 0 Å². The number of hydrogen-bond donors (Lipinski definition) is 0. The minimum Gasteiger partial charge on any atom is -0.309 e. The topological polar surface area (TPSA) is 29.6 Å². The third kappa shape index (κ3) is 4.59. The molecule has 1 aliphatic heterocycles. The van der Waals surface area contributed by atoms with Gasteiger partial charge in [0.25, 0.3) is 0 Å². The van der Waals surface area contributed by atoms with Crippen LogP contribution >= 0.6 is 0 Å². The fraction of sp³-hybridized carbons (Fsp3) is 0.0714. The number of rotatable bonds is 4. The smallest absolute Gasteiger partial charge is 0.309 e. The molecule has 2 heterocycles. The van der Waals surface area contributed by atoms with Gasteiger partial charge < -0.3 is 4.48 Å². The van der Waals surface area contributed by atoms with Gasteiger partial charge in [0.15, 0.2) is 5.84 Å². The zero-order chi connectivity index (χ0) is 40.8. The van der Waals surface area contributed by atoms with Crippen LogP contribution in [0.3, 0.4) is 0 Å². The van der Waals surface area contributed by atoms with Gasteiger partial charge in [-0.25, -0.2) is 9.98 Å². The van der Waals surface area contributed by atoms with E-state index in [0.29, 0.717) is 18.0 Å². The summed E-state index contributed by atoms with van der Waals surface area (Å²) in [6, 6.07) is 55.3. The molecule has 0 radical (unpaired) electrons. The van der Waals surface area contributed by atoms with E-state index in [1.165, 1.54) is 63.9 Å². The van der Waals surface area contributed by atoms with Gasteiger partial charge in [0.2, 0.25) is 0 Å². The van der Waals surface area contributed by atoms with E-state index in [9.17, 15) is 0 Å². The Kier molecular flexibility index (Phi) is 6.95. The molecular formula is C56H34BF2N3. The third-order valence-corrected chi connectivity index (χ3v) is 14.1. The van der Waals surface area contributed by atoms with E-state index < -0.39 is 7.40 Å². The Morgan fingerprint density at radius 2 is 1.00 bits per heavy atom. The average Bonchev–Trinajstić information content (AvgIpc) is 3.86. The summed E-state index contributed by atoms with van der Waals surface area (Å²) in [6.45, 7) is 0. The molecule has 10 aromatic carbocycles. The number of fused-ring (bicyclic) bond motifs is 8. The fourth-order valence-corrected chi connectivity index (χ4v) is 11.6. The summed E-state index contributed by atoms with van der Waals surface area (Å²) >= 11 is 0. The highest BCUT2D eigenvalue weighted by atomic mass is 19.2. The van der Waals surface area contributed by atoms with Crippen molar-refractivity contribution in [2.75, 3.05) is 0 Å². The molecule has 3 aliphatic rings. The van der Waals surface area contributed by atoms with E-state index >= 15 is 8.63 Å². The van der Waals surface area contributed by atoms with Gasteiger partial charge in [-0.3, -0.25) is 8.63 Å². The molecule has 14 rings (SSSR count). The summed E-state index contributed by atoms with van der Waals surface area (Å²) in [7, 11) is -2.85. The zero-order valence-corrected chi connectivity index (χ0v) is 33.5. The van der Waals surface area contributed by atoms with Gasteiger partial charge in [0, 0.05) is 28.0 Å².